The van der Waals surface area contributed by atoms with E-state index in [1.165, 1.54) is 6.07 Å². The zero-order valence-corrected chi connectivity index (χ0v) is 9.89. The van der Waals surface area contributed by atoms with Gasteiger partial charge in [-0.25, -0.2) is 4.39 Å². The molecule has 0 bridgehead atoms. The van der Waals surface area contributed by atoms with Crippen molar-refractivity contribution in [2.24, 2.45) is 0 Å². The van der Waals surface area contributed by atoms with E-state index >= 15 is 0 Å². The minimum Gasteiger partial charge on any atom is -0.428 e. The third-order valence-corrected chi connectivity index (χ3v) is 3.04. The highest BCUT2D eigenvalue weighted by molar-refractivity contribution is 5.78. The van der Waals surface area contributed by atoms with Gasteiger partial charge in [-0.3, -0.25) is 0 Å². The van der Waals surface area contributed by atoms with Crippen molar-refractivity contribution in [2.75, 3.05) is 7.05 Å². The molecular formula is C13H15F2NO. The summed E-state index contributed by atoms with van der Waals surface area (Å²) < 4.78 is 31.6. The summed E-state index contributed by atoms with van der Waals surface area (Å²) in [7, 11) is 1.84. The zero-order valence-electron chi connectivity index (χ0n) is 9.89. The van der Waals surface area contributed by atoms with Gasteiger partial charge in [0.25, 0.3) is 6.01 Å². The molecule has 0 fully saturated rings. The summed E-state index contributed by atoms with van der Waals surface area (Å²) in [6, 6.07) is 4.02. The van der Waals surface area contributed by atoms with E-state index in [4.69, 9.17) is 4.42 Å². The van der Waals surface area contributed by atoms with Crippen LogP contribution in [-0.2, 0) is 6.42 Å². The molecule has 1 aromatic heterocycles. The lowest BCUT2D eigenvalue weighted by Crippen LogP contribution is -2.26. The first-order valence-electron chi connectivity index (χ1n) is 5.69. The SMILES string of the molecule is CC[C@@H](Cc1ccc2cc(F)oc2c1F)NC. The topological polar surface area (TPSA) is 25.2 Å². The Balaban J connectivity index is 2.38. The van der Waals surface area contributed by atoms with E-state index in [9.17, 15) is 8.78 Å². The van der Waals surface area contributed by atoms with Crippen LogP contribution in [0.3, 0.4) is 0 Å². The van der Waals surface area contributed by atoms with Gasteiger partial charge in [0.15, 0.2) is 11.4 Å². The monoisotopic (exact) mass is 239 g/mol. The molecule has 0 aliphatic rings. The lowest BCUT2D eigenvalue weighted by molar-refractivity contribution is 0.373. The van der Waals surface area contributed by atoms with Crippen LogP contribution in [0, 0.1) is 11.8 Å². The third-order valence-electron chi connectivity index (χ3n) is 3.04. The molecule has 17 heavy (non-hydrogen) atoms. The molecule has 0 aliphatic heterocycles. The second-order valence-electron chi connectivity index (χ2n) is 4.11. The number of nitrogens with one attached hydrogen (secondary N) is 1. The summed E-state index contributed by atoms with van der Waals surface area (Å²) in [5, 5.41) is 3.57. The Morgan fingerprint density at radius 3 is 2.76 bits per heavy atom. The number of hydrogen-bond acceptors (Lipinski definition) is 2. The minimum atomic E-state index is -0.753. The fourth-order valence-electron chi connectivity index (χ4n) is 1.95. The molecule has 2 rings (SSSR count). The van der Waals surface area contributed by atoms with Crippen LogP contribution in [0.25, 0.3) is 11.0 Å². The van der Waals surface area contributed by atoms with Gasteiger partial charge in [-0.1, -0.05) is 19.1 Å². The first-order valence-corrected chi connectivity index (χ1v) is 5.69. The number of hydrogen-bond donors (Lipinski definition) is 1. The first-order chi connectivity index (χ1) is 8.15. The van der Waals surface area contributed by atoms with E-state index in [1.54, 1.807) is 12.1 Å². The predicted octanol–water partition coefficient (Wildman–Crippen LogP) is 3.25. The van der Waals surface area contributed by atoms with Gasteiger partial charge in [0, 0.05) is 17.5 Å². The summed E-state index contributed by atoms with van der Waals surface area (Å²) in [5.74, 6) is -0.458. The van der Waals surface area contributed by atoms with Crippen LogP contribution >= 0.6 is 0 Å². The van der Waals surface area contributed by atoms with Crippen molar-refractivity contribution < 1.29 is 13.2 Å². The lowest BCUT2D eigenvalue weighted by Gasteiger charge is -2.14. The number of furan rings is 1. The summed E-state index contributed by atoms with van der Waals surface area (Å²) in [4.78, 5) is 0. The Bertz CT molecular complexity index is 517. The second-order valence-corrected chi connectivity index (χ2v) is 4.11. The van der Waals surface area contributed by atoms with E-state index in [0.29, 0.717) is 17.4 Å². The normalized spacial score (nSPS) is 13.2. The van der Waals surface area contributed by atoms with Gasteiger partial charge < -0.3 is 9.73 Å². The highest BCUT2D eigenvalue weighted by atomic mass is 19.1. The third kappa shape index (κ3) is 2.31. The van der Waals surface area contributed by atoms with Crippen molar-refractivity contribution in [1.29, 1.82) is 0 Å². The van der Waals surface area contributed by atoms with Crippen molar-refractivity contribution in [3.63, 3.8) is 0 Å². The van der Waals surface area contributed by atoms with Crippen LogP contribution in [0.5, 0.6) is 0 Å². The molecule has 0 spiro atoms. The number of rotatable bonds is 4. The van der Waals surface area contributed by atoms with E-state index in [1.807, 2.05) is 14.0 Å². The van der Waals surface area contributed by atoms with E-state index in [0.717, 1.165) is 6.42 Å². The van der Waals surface area contributed by atoms with Gasteiger partial charge >= 0.3 is 0 Å². The van der Waals surface area contributed by atoms with E-state index in [2.05, 4.69) is 5.32 Å². The first kappa shape index (κ1) is 12.0. The molecule has 1 atom stereocenters. The molecule has 1 aromatic carbocycles. The largest absolute Gasteiger partial charge is 0.428 e. The molecule has 0 unspecified atom stereocenters. The van der Waals surface area contributed by atoms with E-state index in [-0.39, 0.29) is 11.6 Å². The quantitative estimate of drug-likeness (QED) is 0.886. The molecule has 2 aromatic rings. The average Bonchev–Trinajstić information content (AvgIpc) is 2.70. The van der Waals surface area contributed by atoms with Crippen LogP contribution in [0.15, 0.2) is 22.6 Å². The Morgan fingerprint density at radius 2 is 2.12 bits per heavy atom. The summed E-state index contributed by atoms with van der Waals surface area (Å²) >= 11 is 0. The lowest BCUT2D eigenvalue weighted by atomic mass is 10.0. The van der Waals surface area contributed by atoms with Crippen LogP contribution in [0.4, 0.5) is 8.78 Å². The maximum atomic E-state index is 14.0. The summed E-state index contributed by atoms with van der Waals surface area (Å²) in [6.07, 6.45) is 1.47. The maximum Gasteiger partial charge on any atom is 0.278 e. The van der Waals surface area contributed by atoms with Crippen LogP contribution < -0.4 is 5.32 Å². The number of fused-ring (bicyclic) bond motifs is 1. The van der Waals surface area contributed by atoms with Crippen molar-refractivity contribution in [3.05, 3.63) is 35.6 Å². The second kappa shape index (κ2) is 4.84. The van der Waals surface area contributed by atoms with Gasteiger partial charge in [-0.2, -0.15) is 4.39 Å². The number of halogens is 2. The van der Waals surface area contributed by atoms with Gasteiger partial charge in [-0.15, -0.1) is 0 Å². The molecule has 2 nitrogen and oxygen atoms in total. The maximum absolute atomic E-state index is 14.0. The van der Waals surface area contributed by atoms with Crippen molar-refractivity contribution in [3.8, 4) is 0 Å². The molecule has 4 heteroatoms. The minimum absolute atomic E-state index is 0.00551. The molecule has 0 aliphatic carbocycles. The molecule has 0 saturated carbocycles. The molecule has 0 radical (unpaired) electrons. The molecule has 92 valence electrons. The molecule has 1 heterocycles. The molecule has 0 amide bonds. The summed E-state index contributed by atoms with van der Waals surface area (Å²) in [5.41, 5.74) is 0.555. The fraction of sp³-hybridized carbons (Fsp3) is 0.385. The molecule has 0 saturated heterocycles. The average molecular weight is 239 g/mol. The van der Waals surface area contributed by atoms with Crippen molar-refractivity contribution in [2.45, 2.75) is 25.8 Å². The van der Waals surface area contributed by atoms with Crippen LogP contribution in [0.2, 0.25) is 0 Å². The highest BCUT2D eigenvalue weighted by Gasteiger charge is 2.15. The Labute approximate surface area is 98.6 Å². The van der Waals surface area contributed by atoms with Crippen LogP contribution in [-0.4, -0.2) is 13.1 Å². The molecule has 1 N–H and O–H groups in total. The predicted molar refractivity (Wildman–Crippen MR) is 63.0 cm³/mol. The smallest absolute Gasteiger partial charge is 0.278 e. The number of benzene rings is 1. The fourth-order valence-corrected chi connectivity index (χ4v) is 1.95. The standard InChI is InChI=1S/C13H15F2NO/c1-3-10(16-2)6-8-4-5-9-7-11(14)17-13(9)12(8)15/h4-5,7,10,16H,3,6H2,1-2H3/t10-/m0/s1. The zero-order chi connectivity index (χ0) is 12.4. The number of likely N-dealkylation sites (N-methyl/N-ethyl adjacent to an activating group) is 1. The molecular weight excluding hydrogens is 224 g/mol. The summed E-state index contributed by atoms with van der Waals surface area (Å²) in [6.45, 7) is 2.03. The highest BCUT2D eigenvalue weighted by Crippen LogP contribution is 2.25. The van der Waals surface area contributed by atoms with Crippen LogP contribution in [0.1, 0.15) is 18.9 Å². The Kier molecular flexibility index (Phi) is 3.43. The van der Waals surface area contributed by atoms with Gasteiger partial charge in [0.05, 0.1) is 0 Å². The van der Waals surface area contributed by atoms with Gasteiger partial charge in [0.2, 0.25) is 0 Å². The van der Waals surface area contributed by atoms with E-state index < -0.39 is 11.8 Å². The van der Waals surface area contributed by atoms with Crippen molar-refractivity contribution in [1.82, 2.24) is 5.32 Å². The van der Waals surface area contributed by atoms with Gasteiger partial charge in [-0.05, 0) is 25.5 Å². The Hall–Kier alpha value is -1.42. The van der Waals surface area contributed by atoms with Gasteiger partial charge in [0.1, 0.15) is 0 Å². The van der Waals surface area contributed by atoms with Crippen molar-refractivity contribution >= 4 is 11.0 Å². The Morgan fingerprint density at radius 1 is 1.35 bits per heavy atom.